The molecule has 2 aliphatic rings. The highest BCUT2D eigenvalue weighted by atomic mass is 32.1. The molecule has 1 aliphatic heterocycles. The number of methoxy groups -OCH3 is 1. The molecule has 3 N–H and O–H groups in total. The molecule has 1 heterocycles. The fourth-order valence-corrected chi connectivity index (χ4v) is 7.25. The molecule has 0 bridgehead atoms. The van der Waals surface area contributed by atoms with E-state index in [-0.39, 0.29) is 32.8 Å². The smallest absolute Gasteiger partial charge is 0.463 e. The number of unbranched alkanes of at least 4 members (excludes halogenated alkanes) is 1. The van der Waals surface area contributed by atoms with Crippen molar-refractivity contribution >= 4 is 55.0 Å². The number of benzene rings is 1. The van der Waals surface area contributed by atoms with Crippen LogP contribution in [0.25, 0.3) is 0 Å². The molecule has 21 heteroatoms. The average Bonchev–Trinajstić information content (AvgIpc) is 3.44. The number of esters is 3. The van der Waals surface area contributed by atoms with Gasteiger partial charge in [0.1, 0.15) is 44.2 Å². The predicted octanol–water partition coefficient (Wildman–Crippen LogP) is 2.64. The van der Waals surface area contributed by atoms with Crippen LogP contribution in [0, 0.1) is 5.92 Å². The van der Waals surface area contributed by atoms with E-state index in [0.29, 0.717) is 24.3 Å². The minimum atomic E-state index is -4.48. The Morgan fingerprint density at radius 2 is 1.54 bits per heavy atom. The monoisotopic (exact) mass is 834 g/mol. The van der Waals surface area contributed by atoms with Crippen LogP contribution in [0.5, 0.6) is 0 Å². The van der Waals surface area contributed by atoms with Crippen molar-refractivity contribution in [2.75, 3.05) is 34.0 Å². The van der Waals surface area contributed by atoms with Crippen molar-refractivity contribution in [3.8, 4) is 0 Å². The number of hydrogen-bond donors (Lipinski definition) is 3. The van der Waals surface area contributed by atoms with Crippen molar-refractivity contribution in [1.82, 2.24) is 10.6 Å². The number of hydrogen-bond acceptors (Lipinski definition) is 17. The van der Waals surface area contributed by atoms with Gasteiger partial charge in [-0.25, -0.2) is 9.36 Å². The molecule has 10 atom stereocenters. The third-order valence-electron chi connectivity index (χ3n) is 8.61. The molecule has 0 spiro atoms. The number of phosphoric ester groups is 1. The Morgan fingerprint density at radius 1 is 0.857 bits per heavy atom. The number of carbonyl (C=O) groups is 5. The number of thiocarbonyl (C=S) groups is 1. The molecule has 1 saturated heterocycles. The van der Waals surface area contributed by atoms with Gasteiger partial charge in [-0.3, -0.25) is 28.2 Å². The summed E-state index contributed by atoms with van der Waals surface area (Å²) in [7, 11) is -2.05. The number of nitrogens with one attached hydrogen (secondary N) is 2. The van der Waals surface area contributed by atoms with E-state index in [1.807, 2.05) is 6.07 Å². The zero-order chi connectivity index (χ0) is 41.4. The highest BCUT2D eigenvalue weighted by molar-refractivity contribution is 7.80. The fraction of sp³-hybridized carbons (Fsp3) is 0.657. The Morgan fingerprint density at radius 3 is 2.14 bits per heavy atom. The predicted molar refractivity (Wildman–Crippen MR) is 197 cm³/mol. The molecule has 1 amide bonds. The maximum atomic E-state index is 12.4. The summed E-state index contributed by atoms with van der Waals surface area (Å²) in [5.41, 5.74) is 0.764. The molecule has 1 aromatic carbocycles. The number of phosphoric acid groups is 1. The molecule has 2 unspecified atom stereocenters. The van der Waals surface area contributed by atoms with Gasteiger partial charge in [0.15, 0.2) is 18.5 Å². The number of ether oxygens (including phenoxy) is 8. The Balaban J connectivity index is 1.60. The Kier molecular flexibility index (Phi) is 19.0. The lowest BCUT2D eigenvalue weighted by Gasteiger charge is -2.44. The average molecular weight is 835 g/mol. The first-order valence-corrected chi connectivity index (χ1v) is 19.7. The van der Waals surface area contributed by atoms with E-state index in [0.717, 1.165) is 26.5 Å². The van der Waals surface area contributed by atoms with Gasteiger partial charge < -0.3 is 53.4 Å². The Hall–Kier alpha value is -3.75. The molecule has 2 fully saturated rings. The summed E-state index contributed by atoms with van der Waals surface area (Å²) in [5.74, 6) is -3.19. The summed E-state index contributed by atoms with van der Waals surface area (Å²) >= 11 is 5.61. The largest absolute Gasteiger partial charge is 0.508 e. The van der Waals surface area contributed by atoms with E-state index in [1.165, 1.54) is 21.0 Å². The van der Waals surface area contributed by atoms with Gasteiger partial charge in [0.05, 0.1) is 11.0 Å². The van der Waals surface area contributed by atoms with Crippen molar-refractivity contribution in [2.24, 2.45) is 5.92 Å². The molecule has 1 aromatic rings. The number of carbonyl (C=O) groups excluding carboxylic acids is 5. The Bertz CT molecular complexity index is 1540. The summed E-state index contributed by atoms with van der Waals surface area (Å²) in [6.45, 7) is 4.22. The van der Waals surface area contributed by atoms with E-state index < -0.39 is 92.6 Å². The highest BCUT2D eigenvalue weighted by Gasteiger charge is 2.51. The van der Waals surface area contributed by atoms with Crippen LogP contribution in [0.4, 0.5) is 4.79 Å². The summed E-state index contributed by atoms with van der Waals surface area (Å²) < 4.78 is 66.7. The van der Waals surface area contributed by atoms with Crippen molar-refractivity contribution in [3.63, 3.8) is 0 Å². The first-order valence-electron chi connectivity index (χ1n) is 17.8. The van der Waals surface area contributed by atoms with Crippen LogP contribution < -0.4 is 10.6 Å². The molecule has 19 nitrogen and oxygen atoms in total. The van der Waals surface area contributed by atoms with Crippen LogP contribution in [0.2, 0.25) is 0 Å². The molecule has 1 saturated carbocycles. The van der Waals surface area contributed by atoms with Crippen LogP contribution in [-0.4, -0.2) is 123 Å². The van der Waals surface area contributed by atoms with E-state index >= 15 is 0 Å². The first-order chi connectivity index (χ1) is 26.5. The van der Waals surface area contributed by atoms with Gasteiger partial charge in [-0.15, -0.1) is 0 Å². The van der Waals surface area contributed by atoms with E-state index in [4.69, 9.17) is 54.6 Å². The van der Waals surface area contributed by atoms with Gasteiger partial charge in [0.25, 0.3) is 0 Å². The molecule has 1 aliphatic carbocycles. The molecular weight excluding hydrogens is 783 g/mol. The van der Waals surface area contributed by atoms with Gasteiger partial charge in [0, 0.05) is 54.4 Å². The standard InChI is InChI=1S/C35H51N2O17PS/c1-20(38)36-29-33(52-23(4)41)32(51-22(3)40)27(19-48-21(2)39)53-34(29)47-15-11-10-14-28(56)37-26-16-25(30(31(26)45-5)54-55(43,44)46-6)18-50-35(42)49-17-24-12-8-7-9-13-24/h7-9,12-13,25-27,29-34H,10-11,14-19H2,1-6H3,(H,36,38)(H,37,56)(H,43,44)/t25-,26-,27-,29-,30?,31-,32+,33-,34-/m1/s1. The van der Waals surface area contributed by atoms with Gasteiger partial charge in [-0.2, -0.15) is 0 Å². The van der Waals surface area contributed by atoms with Crippen molar-refractivity contribution in [3.05, 3.63) is 35.9 Å². The summed E-state index contributed by atoms with van der Waals surface area (Å²) in [6, 6.07) is 7.41. The molecule has 56 heavy (non-hydrogen) atoms. The quantitative estimate of drug-likeness (QED) is 0.0563. The van der Waals surface area contributed by atoms with E-state index in [9.17, 15) is 33.4 Å². The summed E-state index contributed by atoms with van der Waals surface area (Å²) in [4.78, 5) is 70.8. The number of amides is 1. The third-order valence-corrected chi connectivity index (χ3v) is 9.91. The minimum Gasteiger partial charge on any atom is -0.463 e. The first kappa shape index (κ1) is 46.6. The molecule has 0 radical (unpaired) electrons. The van der Waals surface area contributed by atoms with Crippen LogP contribution in [0.3, 0.4) is 0 Å². The lowest BCUT2D eigenvalue weighted by atomic mass is 9.96. The minimum absolute atomic E-state index is 0.00448. The highest BCUT2D eigenvalue weighted by Crippen LogP contribution is 2.48. The zero-order valence-electron chi connectivity index (χ0n) is 32.1. The van der Waals surface area contributed by atoms with Gasteiger partial charge in [-0.1, -0.05) is 42.5 Å². The molecule has 3 rings (SSSR count). The van der Waals surface area contributed by atoms with Crippen LogP contribution in [0.15, 0.2) is 30.3 Å². The lowest BCUT2D eigenvalue weighted by Crippen LogP contribution is -2.66. The van der Waals surface area contributed by atoms with Gasteiger partial charge >= 0.3 is 31.9 Å². The van der Waals surface area contributed by atoms with Crippen LogP contribution in [0.1, 0.15) is 58.9 Å². The van der Waals surface area contributed by atoms with Gasteiger partial charge in [-0.05, 0) is 31.2 Å². The van der Waals surface area contributed by atoms with Crippen molar-refractivity contribution < 1.29 is 80.4 Å². The zero-order valence-corrected chi connectivity index (χ0v) is 33.8. The van der Waals surface area contributed by atoms with Crippen LogP contribution in [-0.2, 0) is 77.3 Å². The molecule has 0 aromatic heterocycles. The summed E-state index contributed by atoms with van der Waals surface area (Å²) in [6.07, 6.45) is -5.97. The maximum absolute atomic E-state index is 12.4. The van der Waals surface area contributed by atoms with E-state index in [1.54, 1.807) is 24.3 Å². The maximum Gasteiger partial charge on any atom is 0.508 e. The van der Waals surface area contributed by atoms with Gasteiger partial charge in [0.2, 0.25) is 5.91 Å². The fourth-order valence-electron chi connectivity index (χ4n) is 6.27. The summed E-state index contributed by atoms with van der Waals surface area (Å²) in [5, 5.41) is 5.86. The second-order valence-corrected chi connectivity index (χ2v) is 15.0. The topological polar surface area (TPSA) is 239 Å². The third kappa shape index (κ3) is 15.3. The SMILES string of the molecule is CO[C@H]1C(OP(=O)(O)OC)[C@@H](COC(=O)OCc2ccccc2)C[C@H]1NC(=S)CCCCO[C@@H]1O[C@H](COC(C)=O)[C@H](OC(C)=O)[C@H](OC(C)=O)[C@H]1NC(C)=O. The Labute approximate surface area is 330 Å². The molecule has 314 valence electrons. The normalized spacial score (nSPS) is 26.9. The van der Waals surface area contributed by atoms with E-state index in [2.05, 4.69) is 15.2 Å². The molecular formula is C35H51N2O17PS. The second kappa shape index (κ2) is 22.9. The van der Waals surface area contributed by atoms with Crippen molar-refractivity contribution in [2.45, 2.75) is 109 Å². The number of rotatable bonds is 20. The lowest BCUT2D eigenvalue weighted by molar-refractivity contribution is -0.277. The van der Waals surface area contributed by atoms with Crippen LogP contribution >= 0.6 is 20.0 Å². The second-order valence-electron chi connectivity index (χ2n) is 13.0. The van der Waals surface area contributed by atoms with Crippen molar-refractivity contribution in [1.29, 1.82) is 0 Å².